The second-order valence-electron chi connectivity index (χ2n) is 3.67. The Balaban J connectivity index is 2.34. The molecule has 18 heavy (non-hydrogen) atoms. The average molecular weight is 264 g/mol. The van der Waals surface area contributed by atoms with E-state index in [0.717, 1.165) is 17.8 Å². The molecule has 5 heteroatoms. The quantitative estimate of drug-likeness (QED) is 0.917. The number of anilines is 1. The molecule has 1 heterocycles. The van der Waals surface area contributed by atoms with Crippen molar-refractivity contribution in [2.24, 2.45) is 0 Å². The second-order valence-corrected chi connectivity index (χ2v) is 4.11. The van der Waals surface area contributed by atoms with Gasteiger partial charge >= 0.3 is 0 Å². The lowest BCUT2D eigenvalue weighted by Gasteiger charge is -2.11. The van der Waals surface area contributed by atoms with E-state index in [0.29, 0.717) is 16.7 Å². The molecule has 0 aliphatic heterocycles. The van der Waals surface area contributed by atoms with E-state index in [1.165, 1.54) is 6.33 Å². The van der Waals surface area contributed by atoms with Gasteiger partial charge in [-0.25, -0.2) is 9.97 Å². The molecule has 0 unspecified atom stereocenters. The van der Waals surface area contributed by atoms with Gasteiger partial charge in [0.25, 0.3) is 0 Å². The van der Waals surface area contributed by atoms with Crippen molar-refractivity contribution in [1.82, 2.24) is 9.97 Å². The molecule has 0 aliphatic carbocycles. The fraction of sp³-hybridized carbons (Fsp3) is 0.231. The third kappa shape index (κ3) is 2.71. The number of benzene rings is 1. The van der Waals surface area contributed by atoms with Crippen LogP contribution in [0.15, 0.2) is 30.6 Å². The lowest BCUT2D eigenvalue weighted by atomic mass is 10.2. The number of hydrogen-bond donors (Lipinski definition) is 1. The van der Waals surface area contributed by atoms with Crippen LogP contribution in [0.25, 0.3) is 0 Å². The van der Waals surface area contributed by atoms with Gasteiger partial charge in [-0.3, -0.25) is 0 Å². The molecule has 0 spiro atoms. The van der Waals surface area contributed by atoms with Crippen LogP contribution in [0.5, 0.6) is 11.6 Å². The van der Waals surface area contributed by atoms with Crippen molar-refractivity contribution in [2.45, 2.75) is 13.3 Å². The molecule has 1 aromatic heterocycles. The minimum atomic E-state index is 0.555. The van der Waals surface area contributed by atoms with E-state index in [1.807, 2.05) is 26.1 Å². The van der Waals surface area contributed by atoms with Gasteiger partial charge < -0.3 is 10.1 Å². The van der Waals surface area contributed by atoms with Gasteiger partial charge in [-0.05, 0) is 24.6 Å². The third-order valence-corrected chi connectivity index (χ3v) is 2.74. The Bertz CT molecular complexity index is 546. The molecule has 0 radical (unpaired) electrons. The van der Waals surface area contributed by atoms with Crippen molar-refractivity contribution < 1.29 is 4.74 Å². The van der Waals surface area contributed by atoms with Crippen molar-refractivity contribution in [1.29, 1.82) is 0 Å². The Labute approximate surface area is 111 Å². The monoisotopic (exact) mass is 263 g/mol. The van der Waals surface area contributed by atoms with Gasteiger partial charge in [0.1, 0.15) is 17.9 Å². The van der Waals surface area contributed by atoms with E-state index < -0.39 is 0 Å². The van der Waals surface area contributed by atoms with Gasteiger partial charge in [-0.15, -0.1) is 0 Å². The molecule has 1 aromatic carbocycles. The molecule has 0 amide bonds. The van der Waals surface area contributed by atoms with Crippen LogP contribution in [0.1, 0.15) is 12.5 Å². The highest BCUT2D eigenvalue weighted by atomic mass is 35.5. The first-order valence-corrected chi connectivity index (χ1v) is 6.07. The van der Waals surface area contributed by atoms with E-state index in [1.54, 1.807) is 12.1 Å². The summed E-state index contributed by atoms with van der Waals surface area (Å²) in [6.07, 6.45) is 2.26. The first-order chi connectivity index (χ1) is 8.74. The molecule has 0 saturated carbocycles. The Morgan fingerprint density at radius 2 is 2.17 bits per heavy atom. The van der Waals surface area contributed by atoms with Gasteiger partial charge in [-0.2, -0.15) is 0 Å². The summed E-state index contributed by atoms with van der Waals surface area (Å²) in [5.74, 6) is 2.00. The zero-order valence-electron chi connectivity index (χ0n) is 10.3. The van der Waals surface area contributed by atoms with E-state index in [4.69, 9.17) is 16.3 Å². The third-order valence-electron chi connectivity index (χ3n) is 2.51. The molecule has 0 fully saturated rings. The van der Waals surface area contributed by atoms with E-state index in [9.17, 15) is 0 Å². The van der Waals surface area contributed by atoms with Crippen LogP contribution in [0, 0.1) is 0 Å². The first kappa shape index (κ1) is 12.6. The summed E-state index contributed by atoms with van der Waals surface area (Å²) in [6.45, 7) is 2.03. The maximum absolute atomic E-state index is 5.92. The molecule has 0 saturated heterocycles. The van der Waals surface area contributed by atoms with Gasteiger partial charge in [0, 0.05) is 12.1 Å². The normalized spacial score (nSPS) is 10.2. The van der Waals surface area contributed by atoms with Crippen molar-refractivity contribution in [2.75, 3.05) is 12.4 Å². The molecule has 4 nitrogen and oxygen atoms in total. The molecule has 0 bridgehead atoms. The summed E-state index contributed by atoms with van der Waals surface area (Å²) in [5.41, 5.74) is 0.944. The highest BCUT2D eigenvalue weighted by molar-refractivity contribution is 6.30. The molecule has 2 rings (SSSR count). The fourth-order valence-corrected chi connectivity index (χ4v) is 1.84. The summed E-state index contributed by atoms with van der Waals surface area (Å²) in [7, 11) is 1.82. The van der Waals surface area contributed by atoms with Gasteiger partial charge in [0.05, 0.1) is 5.56 Å². The molecule has 0 atom stereocenters. The Morgan fingerprint density at radius 1 is 1.33 bits per heavy atom. The SMILES string of the molecule is CCc1c(NC)ncnc1Oc1cccc(Cl)c1. The number of halogens is 1. The van der Waals surface area contributed by atoms with E-state index in [-0.39, 0.29) is 0 Å². The number of hydrogen-bond acceptors (Lipinski definition) is 4. The summed E-state index contributed by atoms with van der Waals surface area (Å²) in [5, 5.41) is 3.66. The fourth-order valence-electron chi connectivity index (χ4n) is 1.66. The van der Waals surface area contributed by atoms with Crippen molar-refractivity contribution in [3.8, 4) is 11.6 Å². The van der Waals surface area contributed by atoms with Gasteiger partial charge in [0.2, 0.25) is 5.88 Å². The van der Waals surface area contributed by atoms with Gasteiger partial charge in [-0.1, -0.05) is 24.6 Å². The Morgan fingerprint density at radius 3 is 2.83 bits per heavy atom. The van der Waals surface area contributed by atoms with Crippen molar-refractivity contribution in [3.63, 3.8) is 0 Å². The topological polar surface area (TPSA) is 47.0 Å². The minimum Gasteiger partial charge on any atom is -0.438 e. The first-order valence-electron chi connectivity index (χ1n) is 5.69. The highest BCUT2D eigenvalue weighted by Gasteiger charge is 2.10. The lowest BCUT2D eigenvalue weighted by Crippen LogP contribution is -2.02. The van der Waals surface area contributed by atoms with Crippen LogP contribution in [-0.2, 0) is 6.42 Å². The number of aromatic nitrogens is 2. The van der Waals surface area contributed by atoms with E-state index >= 15 is 0 Å². The predicted octanol–water partition coefficient (Wildman–Crippen LogP) is 3.53. The second kappa shape index (κ2) is 5.69. The summed E-state index contributed by atoms with van der Waals surface area (Å²) in [6, 6.07) is 7.23. The molecule has 1 N–H and O–H groups in total. The summed E-state index contributed by atoms with van der Waals surface area (Å²) < 4.78 is 5.75. The number of ether oxygens (including phenoxy) is 1. The van der Waals surface area contributed by atoms with E-state index in [2.05, 4.69) is 15.3 Å². The maximum Gasteiger partial charge on any atom is 0.227 e. The van der Waals surface area contributed by atoms with Crippen molar-refractivity contribution >= 4 is 17.4 Å². The number of rotatable bonds is 4. The average Bonchev–Trinajstić information content (AvgIpc) is 2.38. The van der Waals surface area contributed by atoms with Crippen LogP contribution in [0.2, 0.25) is 5.02 Å². The molecule has 0 aliphatic rings. The lowest BCUT2D eigenvalue weighted by molar-refractivity contribution is 0.455. The summed E-state index contributed by atoms with van der Waals surface area (Å²) in [4.78, 5) is 8.33. The largest absolute Gasteiger partial charge is 0.438 e. The molecule has 94 valence electrons. The smallest absolute Gasteiger partial charge is 0.227 e. The number of nitrogens with zero attached hydrogens (tertiary/aromatic N) is 2. The van der Waals surface area contributed by atoms with Crippen molar-refractivity contribution in [3.05, 3.63) is 41.2 Å². The Hall–Kier alpha value is -1.81. The maximum atomic E-state index is 5.92. The van der Waals surface area contributed by atoms with Gasteiger partial charge in [0.15, 0.2) is 0 Å². The summed E-state index contributed by atoms with van der Waals surface area (Å²) >= 11 is 5.92. The van der Waals surface area contributed by atoms with Crippen LogP contribution < -0.4 is 10.1 Å². The van der Waals surface area contributed by atoms with Crippen LogP contribution in [0.4, 0.5) is 5.82 Å². The van der Waals surface area contributed by atoms with Crippen LogP contribution >= 0.6 is 11.6 Å². The molecule has 2 aromatic rings. The highest BCUT2D eigenvalue weighted by Crippen LogP contribution is 2.28. The predicted molar refractivity (Wildman–Crippen MR) is 72.5 cm³/mol. The van der Waals surface area contributed by atoms with Crippen LogP contribution in [-0.4, -0.2) is 17.0 Å². The zero-order chi connectivity index (χ0) is 13.0. The van der Waals surface area contributed by atoms with Crippen LogP contribution in [0.3, 0.4) is 0 Å². The molecular formula is C13H14ClN3O. The number of nitrogens with one attached hydrogen (secondary N) is 1. The standard InChI is InChI=1S/C13H14ClN3O/c1-3-11-12(15-2)16-8-17-13(11)18-10-6-4-5-9(14)7-10/h4-8H,3H2,1-2H3,(H,15,16,17). The minimum absolute atomic E-state index is 0.555. The Kier molecular flexibility index (Phi) is 3.99. The molecular weight excluding hydrogens is 250 g/mol. The zero-order valence-corrected chi connectivity index (χ0v) is 11.0.